The van der Waals surface area contributed by atoms with Gasteiger partial charge in [-0.3, -0.25) is 0 Å². The standard InChI is InChI=1S/C9H11IN2/c1-7-4-5-12(7)9-3-2-8(10)6-11-9/h2-3,6-7H,4-5H2,1H3. The Labute approximate surface area is 86.1 Å². The van der Waals surface area contributed by atoms with Crippen LogP contribution in [0, 0.1) is 3.57 Å². The van der Waals surface area contributed by atoms with Crippen LogP contribution < -0.4 is 4.90 Å². The van der Waals surface area contributed by atoms with Crippen molar-refractivity contribution in [2.75, 3.05) is 11.4 Å². The summed E-state index contributed by atoms with van der Waals surface area (Å²) >= 11 is 2.27. The molecule has 1 aromatic heterocycles. The van der Waals surface area contributed by atoms with Crippen molar-refractivity contribution in [1.82, 2.24) is 4.98 Å². The quantitative estimate of drug-likeness (QED) is 0.730. The fraction of sp³-hybridized carbons (Fsp3) is 0.444. The smallest absolute Gasteiger partial charge is 0.128 e. The molecular weight excluding hydrogens is 263 g/mol. The van der Waals surface area contributed by atoms with Crippen LogP contribution in [0.2, 0.25) is 0 Å². The molecule has 0 saturated carbocycles. The minimum Gasteiger partial charge on any atom is -0.354 e. The zero-order valence-electron chi connectivity index (χ0n) is 7.00. The van der Waals surface area contributed by atoms with E-state index in [1.807, 2.05) is 6.20 Å². The number of anilines is 1. The van der Waals surface area contributed by atoms with Gasteiger partial charge in [0.15, 0.2) is 0 Å². The Hall–Kier alpha value is -0.320. The first-order valence-corrected chi connectivity index (χ1v) is 5.23. The summed E-state index contributed by atoms with van der Waals surface area (Å²) in [4.78, 5) is 6.70. The number of nitrogens with zero attached hydrogens (tertiary/aromatic N) is 2. The van der Waals surface area contributed by atoms with Crippen molar-refractivity contribution >= 4 is 28.4 Å². The van der Waals surface area contributed by atoms with E-state index in [4.69, 9.17) is 0 Å². The Bertz CT molecular complexity index is 270. The number of hydrogen-bond donors (Lipinski definition) is 0. The molecule has 1 saturated heterocycles. The van der Waals surface area contributed by atoms with Gasteiger partial charge in [-0.2, -0.15) is 0 Å². The van der Waals surface area contributed by atoms with Crippen LogP contribution in [0.25, 0.3) is 0 Å². The van der Waals surface area contributed by atoms with Gasteiger partial charge in [-0.1, -0.05) is 0 Å². The zero-order valence-corrected chi connectivity index (χ0v) is 9.15. The molecule has 2 heterocycles. The van der Waals surface area contributed by atoms with Gasteiger partial charge in [0.25, 0.3) is 0 Å². The fourth-order valence-corrected chi connectivity index (χ4v) is 1.71. The lowest BCUT2D eigenvalue weighted by Gasteiger charge is -2.39. The van der Waals surface area contributed by atoms with Crippen molar-refractivity contribution in [1.29, 1.82) is 0 Å². The molecule has 3 heteroatoms. The van der Waals surface area contributed by atoms with Crippen molar-refractivity contribution in [2.45, 2.75) is 19.4 Å². The third kappa shape index (κ3) is 1.42. The van der Waals surface area contributed by atoms with Crippen LogP contribution in [0.5, 0.6) is 0 Å². The highest BCUT2D eigenvalue weighted by atomic mass is 127. The Morgan fingerprint density at radius 1 is 1.58 bits per heavy atom. The van der Waals surface area contributed by atoms with Crippen molar-refractivity contribution in [3.8, 4) is 0 Å². The first kappa shape index (κ1) is 8.29. The van der Waals surface area contributed by atoms with Gasteiger partial charge in [0.05, 0.1) is 0 Å². The van der Waals surface area contributed by atoms with Gasteiger partial charge in [0, 0.05) is 22.4 Å². The van der Waals surface area contributed by atoms with Gasteiger partial charge in [0.1, 0.15) is 5.82 Å². The summed E-state index contributed by atoms with van der Waals surface area (Å²) in [6.45, 7) is 3.40. The maximum absolute atomic E-state index is 4.37. The molecule has 1 atom stereocenters. The second kappa shape index (κ2) is 3.20. The Kier molecular flexibility index (Phi) is 2.21. The maximum atomic E-state index is 4.37. The summed E-state index contributed by atoms with van der Waals surface area (Å²) in [6, 6.07) is 4.88. The summed E-state index contributed by atoms with van der Waals surface area (Å²) in [5, 5.41) is 0. The number of hydrogen-bond acceptors (Lipinski definition) is 2. The van der Waals surface area contributed by atoms with Crippen LogP contribution in [0.3, 0.4) is 0 Å². The summed E-state index contributed by atoms with van der Waals surface area (Å²) in [6.07, 6.45) is 3.22. The van der Waals surface area contributed by atoms with Gasteiger partial charge in [0.2, 0.25) is 0 Å². The molecule has 64 valence electrons. The first-order chi connectivity index (χ1) is 5.77. The average molecular weight is 274 g/mol. The highest BCUT2D eigenvalue weighted by molar-refractivity contribution is 14.1. The minimum absolute atomic E-state index is 0.678. The first-order valence-electron chi connectivity index (χ1n) is 4.15. The molecule has 2 rings (SSSR count). The van der Waals surface area contributed by atoms with E-state index in [0.717, 1.165) is 12.4 Å². The number of pyridine rings is 1. The van der Waals surface area contributed by atoms with Crippen LogP contribution in [0.1, 0.15) is 13.3 Å². The molecule has 0 bridgehead atoms. The monoisotopic (exact) mass is 274 g/mol. The van der Waals surface area contributed by atoms with Crippen molar-refractivity contribution in [3.63, 3.8) is 0 Å². The molecule has 1 aliphatic heterocycles. The van der Waals surface area contributed by atoms with Crippen LogP contribution in [0.4, 0.5) is 5.82 Å². The van der Waals surface area contributed by atoms with E-state index >= 15 is 0 Å². The van der Waals surface area contributed by atoms with Crippen molar-refractivity contribution in [3.05, 3.63) is 21.9 Å². The Balaban J connectivity index is 2.18. The number of rotatable bonds is 1. The molecule has 0 aliphatic carbocycles. The Morgan fingerprint density at radius 2 is 2.42 bits per heavy atom. The van der Waals surface area contributed by atoms with Crippen LogP contribution in [0.15, 0.2) is 18.3 Å². The van der Waals surface area contributed by atoms with Gasteiger partial charge < -0.3 is 4.90 Å². The summed E-state index contributed by atoms with van der Waals surface area (Å²) < 4.78 is 1.20. The van der Waals surface area contributed by atoms with Crippen LogP contribution >= 0.6 is 22.6 Å². The fourth-order valence-electron chi connectivity index (χ4n) is 1.39. The minimum atomic E-state index is 0.678. The third-order valence-corrected chi connectivity index (χ3v) is 2.96. The summed E-state index contributed by atoms with van der Waals surface area (Å²) in [5.41, 5.74) is 0. The highest BCUT2D eigenvalue weighted by Gasteiger charge is 2.24. The molecule has 1 fully saturated rings. The lowest BCUT2D eigenvalue weighted by atomic mass is 10.1. The van der Waals surface area contributed by atoms with E-state index in [1.54, 1.807) is 0 Å². The van der Waals surface area contributed by atoms with E-state index < -0.39 is 0 Å². The van der Waals surface area contributed by atoms with Crippen LogP contribution in [-0.4, -0.2) is 17.6 Å². The van der Waals surface area contributed by atoms with E-state index in [2.05, 4.69) is 51.5 Å². The summed E-state index contributed by atoms with van der Waals surface area (Å²) in [7, 11) is 0. The van der Waals surface area contributed by atoms with Gasteiger partial charge in [-0.05, 0) is 48.1 Å². The third-order valence-electron chi connectivity index (χ3n) is 2.33. The Morgan fingerprint density at radius 3 is 2.83 bits per heavy atom. The molecule has 2 nitrogen and oxygen atoms in total. The van der Waals surface area contributed by atoms with E-state index in [0.29, 0.717) is 6.04 Å². The normalized spacial score (nSPS) is 22.2. The topological polar surface area (TPSA) is 16.1 Å². The molecule has 0 N–H and O–H groups in total. The maximum Gasteiger partial charge on any atom is 0.128 e. The van der Waals surface area contributed by atoms with Gasteiger partial charge in [-0.15, -0.1) is 0 Å². The van der Waals surface area contributed by atoms with Crippen molar-refractivity contribution < 1.29 is 0 Å². The molecule has 0 spiro atoms. The molecule has 12 heavy (non-hydrogen) atoms. The van der Waals surface area contributed by atoms with Gasteiger partial charge >= 0.3 is 0 Å². The van der Waals surface area contributed by atoms with E-state index in [9.17, 15) is 0 Å². The van der Waals surface area contributed by atoms with Gasteiger partial charge in [-0.25, -0.2) is 4.98 Å². The average Bonchev–Trinajstić information content (AvgIpc) is 2.06. The second-order valence-electron chi connectivity index (χ2n) is 3.17. The largest absolute Gasteiger partial charge is 0.354 e. The van der Waals surface area contributed by atoms with E-state index in [1.165, 1.54) is 9.99 Å². The lowest BCUT2D eigenvalue weighted by Crippen LogP contribution is -2.46. The number of halogens is 1. The molecular formula is C9H11IN2. The SMILES string of the molecule is CC1CCN1c1ccc(I)cn1. The summed E-state index contributed by atoms with van der Waals surface area (Å²) in [5.74, 6) is 1.12. The molecule has 1 aromatic rings. The predicted molar refractivity (Wildman–Crippen MR) is 58.4 cm³/mol. The number of aromatic nitrogens is 1. The van der Waals surface area contributed by atoms with Crippen molar-refractivity contribution in [2.24, 2.45) is 0 Å². The molecule has 1 unspecified atom stereocenters. The molecule has 0 amide bonds. The molecule has 0 radical (unpaired) electrons. The second-order valence-corrected chi connectivity index (χ2v) is 4.41. The lowest BCUT2D eigenvalue weighted by molar-refractivity contribution is 0.476. The van der Waals surface area contributed by atoms with Crippen LogP contribution in [-0.2, 0) is 0 Å². The predicted octanol–water partition coefficient (Wildman–Crippen LogP) is 2.28. The molecule has 0 aromatic carbocycles. The highest BCUT2D eigenvalue weighted by Crippen LogP contribution is 2.23. The molecule has 1 aliphatic rings. The van der Waals surface area contributed by atoms with E-state index in [-0.39, 0.29) is 0 Å². The zero-order chi connectivity index (χ0) is 8.55.